The second-order valence-electron chi connectivity index (χ2n) is 5.75. The molecule has 0 bridgehead atoms. The van der Waals surface area contributed by atoms with Crippen molar-refractivity contribution >= 4 is 10.9 Å². The van der Waals surface area contributed by atoms with Gasteiger partial charge < -0.3 is 9.72 Å². The summed E-state index contributed by atoms with van der Waals surface area (Å²) in [5, 5.41) is 1.40. The van der Waals surface area contributed by atoms with Crippen LogP contribution in [0.4, 0.5) is 0 Å². The van der Waals surface area contributed by atoms with Crippen LogP contribution in [0.3, 0.4) is 0 Å². The number of aromatic nitrogens is 1. The second kappa shape index (κ2) is 4.68. The molecular weight excluding hydrogens is 234 g/mol. The molecule has 0 spiro atoms. The van der Waals surface area contributed by atoms with Gasteiger partial charge in [0.15, 0.2) is 0 Å². The fourth-order valence-electron chi connectivity index (χ4n) is 3.46. The van der Waals surface area contributed by atoms with E-state index in [2.05, 4.69) is 44.0 Å². The molecule has 0 fully saturated rings. The van der Waals surface area contributed by atoms with Crippen molar-refractivity contribution in [3.63, 3.8) is 0 Å². The van der Waals surface area contributed by atoms with Crippen molar-refractivity contribution in [2.45, 2.75) is 52.1 Å². The van der Waals surface area contributed by atoms with E-state index in [0.717, 1.165) is 32.3 Å². The largest absolute Gasteiger partial charge is 0.369 e. The summed E-state index contributed by atoms with van der Waals surface area (Å²) in [6.45, 7) is 7.52. The molecule has 3 rings (SSSR count). The molecule has 19 heavy (non-hydrogen) atoms. The Morgan fingerprint density at radius 3 is 2.89 bits per heavy atom. The van der Waals surface area contributed by atoms with Gasteiger partial charge in [-0.3, -0.25) is 0 Å². The molecule has 1 N–H and O–H groups in total. The molecule has 2 nitrogen and oxygen atoms in total. The van der Waals surface area contributed by atoms with Gasteiger partial charge in [0.1, 0.15) is 5.60 Å². The zero-order chi connectivity index (χ0) is 13.5. The molecule has 2 heteroatoms. The minimum absolute atomic E-state index is 0.133. The molecule has 0 amide bonds. The van der Waals surface area contributed by atoms with Crippen molar-refractivity contribution in [3.05, 3.63) is 35.0 Å². The molecule has 2 aromatic rings. The van der Waals surface area contributed by atoms with Crippen LogP contribution in [-0.4, -0.2) is 11.6 Å². The number of fused-ring (bicyclic) bond motifs is 3. The first kappa shape index (κ1) is 12.7. The fourth-order valence-corrected chi connectivity index (χ4v) is 3.46. The number of hydrogen-bond donors (Lipinski definition) is 1. The number of benzene rings is 1. The topological polar surface area (TPSA) is 25.0 Å². The maximum Gasteiger partial charge on any atom is 0.105 e. The molecule has 102 valence electrons. The highest BCUT2D eigenvalue weighted by molar-refractivity contribution is 5.88. The number of rotatable bonds is 3. The van der Waals surface area contributed by atoms with Crippen molar-refractivity contribution in [1.29, 1.82) is 0 Å². The minimum Gasteiger partial charge on any atom is -0.369 e. The van der Waals surface area contributed by atoms with Gasteiger partial charge in [-0.2, -0.15) is 0 Å². The van der Waals surface area contributed by atoms with Crippen LogP contribution in [0, 0.1) is 0 Å². The summed E-state index contributed by atoms with van der Waals surface area (Å²) in [4.78, 5) is 3.69. The summed E-state index contributed by atoms with van der Waals surface area (Å²) in [6, 6.07) is 6.66. The highest BCUT2D eigenvalue weighted by Gasteiger charge is 2.35. The van der Waals surface area contributed by atoms with Gasteiger partial charge in [-0.05, 0) is 37.3 Å². The van der Waals surface area contributed by atoms with Gasteiger partial charge in [-0.25, -0.2) is 0 Å². The second-order valence-corrected chi connectivity index (χ2v) is 5.75. The summed E-state index contributed by atoms with van der Waals surface area (Å²) >= 11 is 0. The number of hydrogen-bond acceptors (Lipinski definition) is 1. The Balaban J connectivity index is 2.23. The number of aryl methyl sites for hydroxylation is 1. The first-order valence-electron chi connectivity index (χ1n) is 7.46. The number of H-pyrrole nitrogens is 1. The lowest BCUT2D eigenvalue weighted by Gasteiger charge is -2.34. The third-order valence-electron chi connectivity index (χ3n) is 4.44. The molecule has 1 aliphatic rings. The minimum atomic E-state index is -0.133. The van der Waals surface area contributed by atoms with Crippen molar-refractivity contribution < 1.29 is 4.74 Å². The molecule has 0 aliphatic carbocycles. The highest BCUT2D eigenvalue weighted by Crippen LogP contribution is 2.40. The first-order valence-corrected chi connectivity index (χ1v) is 7.46. The van der Waals surface area contributed by atoms with E-state index in [9.17, 15) is 0 Å². The lowest BCUT2D eigenvalue weighted by atomic mass is 9.89. The zero-order valence-corrected chi connectivity index (χ0v) is 12.2. The average Bonchev–Trinajstić information content (AvgIpc) is 2.79. The Morgan fingerprint density at radius 1 is 1.32 bits per heavy atom. The van der Waals surface area contributed by atoms with Crippen molar-refractivity contribution in [1.82, 2.24) is 4.98 Å². The fraction of sp³-hybridized carbons (Fsp3) is 0.529. The first-order chi connectivity index (χ1) is 9.19. The van der Waals surface area contributed by atoms with Gasteiger partial charge in [-0.1, -0.05) is 38.5 Å². The molecular formula is C17H23NO. The van der Waals surface area contributed by atoms with E-state index in [1.807, 2.05) is 0 Å². The monoisotopic (exact) mass is 257 g/mol. The normalized spacial score (nSPS) is 22.7. The molecule has 0 saturated heterocycles. The highest BCUT2D eigenvalue weighted by atomic mass is 16.5. The predicted octanol–water partition coefficient (Wildman–Crippen LogP) is 4.32. The van der Waals surface area contributed by atoms with Gasteiger partial charge >= 0.3 is 0 Å². The Labute approximate surface area is 115 Å². The Kier molecular flexibility index (Phi) is 3.14. The summed E-state index contributed by atoms with van der Waals surface area (Å²) in [5.74, 6) is 0. The number of para-hydroxylation sites is 1. The summed E-state index contributed by atoms with van der Waals surface area (Å²) < 4.78 is 6.10. The Bertz CT molecular complexity index is 599. The summed E-state index contributed by atoms with van der Waals surface area (Å²) in [5.41, 5.74) is 5.39. The lowest BCUT2D eigenvalue weighted by molar-refractivity contribution is -0.0551. The SMILES string of the molecule is CCCC1(C)OCCc2c1[nH]c1c(CC)cccc21. The molecule has 0 saturated carbocycles. The van der Waals surface area contributed by atoms with Gasteiger partial charge in [-0.15, -0.1) is 0 Å². The van der Waals surface area contributed by atoms with Crippen LogP contribution in [0.1, 0.15) is 50.4 Å². The van der Waals surface area contributed by atoms with E-state index in [0.29, 0.717) is 0 Å². The Morgan fingerprint density at radius 2 is 2.16 bits per heavy atom. The van der Waals surface area contributed by atoms with Gasteiger partial charge in [0.05, 0.1) is 12.3 Å². The van der Waals surface area contributed by atoms with Crippen LogP contribution in [0.15, 0.2) is 18.2 Å². The van der Waals surface area contributed by atoms with Crippen molar-refractivity contribution in [3.8, 4) is 0 Å². The number of ether oxygens (including phenoxy) is 1. The number of aromatic amines is 1. The van der Waals surface area contributed by atoms with Crippen molar-refractivity contribution in [2.75, 3.05) is 6.61 Å². The molecule has 1 aliphatic heterocycles. The van der Waals surface area contributed by atoms with E-state index in [4.69, 9.17) is 4.74 Å². The smallest absolute Gasteiger partial charge is 0.105 e. The van der Waals surface area contributed by atoms with E-state index in [-0.39, 0.29) is 5.60 Å². The number of nitrogens with one attached hydrogen (secondary N) is 1. The molecule has 0 radical (unpaired) electrons. The van der Waals surface area contributed by atoms with Crippen LogP contribution in [0.5, 0.6) is 0 Å². The standard InChI is InChI=1S/C17H23NO/c1-4-10-17(3)16-14(9-11-19-17)13-8-6-7-12(5-2)15(13)18-16/h6-8,18H,4-5,9-11H2,1-3H3. The molecule has 2 heterocycles. The van der Waals surface area contributed by atoms with E-state index in [1.54, 1.807) is 0 Å². The average molecular weight is 257 g/mol. The van der Waals surface area contributed by atoms with Crippen LogP contribution < -0.4 is 0 Å². The van der Waals surface area contributed by atoms with E-state index < -0.39 is 0 Å². The van der Waals surface area contributed by atoms with E-state index >= 15 is 0 Å². The molecule has 1 atom stereocenters. The zero-order valence-electron chi connectivity index (χ0n) is 12.2. The summed E-state index contributed by atoms with van der Waals surface area (Å²) in [7, 11) is 0. The van der Waals surface area contributed by atoms with Gasteiger partial charge in [0.2, 0.25) is 0 Å². The molecule has 1 aromatic carbocycles. The Hall–Kier alpha value is -1.28. The predicted molar refractivity (Wildman–Crippen MR) is 79.6 cm³/mol. The van der Waals surface area contributed by atoms with Crippen LogP contribution in [0.2, 0.25) is 0 Å². The van der Waals surface area contributed by atoms with Crippen molar-refractivity contribution in [2.24, 2.45) is 0 Å². The molecule has 1 unspecified atom stereocenters. The van der Waals surface area contributed by atoms with Gasteiger partial charge in [0, 0.05) is 10.9 Å². The quantitative estimate of drug-likeness (QED) is 0.870. The molecule has 1 aromatic heterocycles. The van der Waals surface area contributed by atoms with Crippen LogP contribution in [-0.2, 0) is 23.2 Å². The maximum atomic E-state index is 6.10. The van der Waals surface area contributed by atoms with E-state index in [1.165, 1.54) is 27.7 Å². The lowest BCUT2D eigenvalue weighted by Crippen LogP contribution is -2.32. The maximum absolute atomic E-state index is 6.10. The summed E-state index contributed by atoms with van der Waals surface area (Å²) in [6.07, 6.45) is 4.32. The van der Waals surface area contributed by atoms with Crippen LogP contribution in [0.25, 0.3) is 10.9 Å². The van der Waals surface area contributed by atoms with Gasteiger partial charge in [0.25, 0.3) is 0 Å². The van der Waals surface area contributed by atoms with Crippen LogP contribution >= 0.6 is 0 Å². The third-order valence-corrected chi connectivity index (χ3v) is 4.44. The third kappa shape index (κ3) is 1.90.